The number of aromatic nitrogens is 1. The fourth-order valence-corrected chi connectivity index (χ4v) is 5.96. The highest BCUT2D eigenvalue weighted by atomic mass is 32.2. The topological polar surface area (TPSA) is 79.8 Å². The molecular formula is C22H25N3O4S2. The van der Waals surface area contributed by atoms with Crippen LogP contribution >= 0.6 is 11.3 Å². The number of thiazole rings is 1. The van der Waals surface area contributed by atoms with Crippen LogP contribution in [0, 0.1) is 6.92 Å². The summed E-state index contributed by atoms with van der Waals surface area (Å²) in [6.45, 7) is 4.57. The number of amides is 1. The molecule has 2 aromatic carbocycles. The summed E-state index contributed by atoms with van der Waals surface area (Å²) >= 11 is 1.66. The van der Waals surface area contributed by atoms with Crippen LogP contribution in [-0.2, 0) is 14.6 Å². The van der Waals surface area contributed by atoms with Gasteiger partial charge in [0, 0.05) is 32.6 Å². The van der Waals surface area contributed by atoms with Crippen molar-refractivity contribution in [3.05, 3.63) is 48.0 Å². The summed E-state index contributed by atoms with van der Waals surface area (Å²) in [5.41, 5.74) is 2.19. The number of nitrogens with zero attached hydrogens (tertiary/aromatic N) is 3. The normalized spacial score (nSPS) is 14.8. The van der Waals surface area contributed by atoms with E-state index in [0.717, 1.165) is 20.9 Å². The van der Waals surface area contributed by atoms with Gasteiger partial charge in [-0.15, -0.1) is 0 Å². The van der Waals surface area contributed by atoms with Crippen LogP contribution in [-0.4, -0.2) is 63.3 Å². The first-order valence-electron chi connectivity index (χ1n) is 10.1. The standard InChI is InChI=1S/C22H25N3O4S2/c1-16-4-3-5-19-21(16)23-22(30-19)25-13-11-24(12-14-25)20(26)10-15-31(27,28)18-8-6-17(29-2)7-9-18/h3-9H,10-15H2,1-2H3. The number of rotatable bonds is 6. The van der Waals surface area contributed by atoms with Gasteiger partial charge in [-0.1, -0.05) is 23.5 Å². The summed E-state index contributed by atoms with van der Waals surface area (Å²) in [6.07, 6.45) is -0.0192. The lowest BCUT2D eigenvalue weighted by atomic mass is 10.2. The lowest BCUT2D eigenvalue weighted by molar-refractivity contribution is -0.131. The number of aryl methyl sites for hydroxylation is 1. The number of ether oxygens (including phenoxy) is 1. The molecule has 0 bridgehead atoms. The van der Waals surface area contributed by atoms with Crippen molar-refractivity contribution in [1.82, 2.24) is 9.88 Å². The van der Waals surface area contributed by atoms with Crippen LogP contribution in [0.1, 0.15) is 12.0 Å². The zero-order valence-electron chi connectivity index (χ0n) is 17.6. The molecule has 0 saturated carbocycles. The largest absolute Gasteiger partial charge is 0.497 e. The van der Waals surface area contributed by atoms with Gasteiger partial charge in [0.2, 0.25) is 5.91 Å². The third kappa shape index (κ3) is 4.67. The van der Waals surface area contributed by atoms with E-state index >= 15 is 0 Å². The van der Waals surface area contributed by atoms with Crippen molar-refractivity contribution in [3.8, 4) is 5.75 Å². The summed E-state index contributed by atoms with van der Waals surface area (Å²) in [7, 11) is -1.99. The van der Waals surface area contributed by atoms with E-state index in [1.54, 1.807) is 28.4 Å². The first-order chi connectivity index (χ1) is 14.9. The molecule has 164 valence electrons. The maximum Gasteiger partial charge on any atom is 0.223 e. The number of fused-ring (bicyclic) bond motifs is 1. The summed E-state index contributed by atoms with van der Waals surface area (Å²) < 4.78 is 31.3. The molecule has 1 fully saturated rings. The Hall–Kier alpha value is -2.65. The minimum absolute atomic E-state index is 0.0192. The van der Waals surface area contributed by atoms with Crippen LogP contribution in [0.3, 0.4) is 0 Å². The maximum atomic E-state index is 12.6. The molecule has 0 spiro atoms. The zero-order chi connectivity index (χ0) is 22.0. The van der Waals surface area contributed by atoms with Gasteiger partial charge < -0.3 is 14.5 Å². The summed E-state index contributed by atoms with van der Waals surface area (Å²) in [4.78, 5) is 21.5. The number of anilines is 1. The number of carbonyl (C=O) groups excluding carboxylic acids is 1. The Morgan fingerprint density at radius 3 is 2.45 bits per heavy atom. The molecular weight excluding hydrogens is 434 g/mol. The van der Waals surface area contributed by atoms with Gasteiger partial charge in [-0.2, -0.15) is 0 Å². The minimum Gasteiger partial charge on any atom is -0.497 e. The van der Waals surface area contributed by atoms with E-state index in [-0.39, 0.29) is 23.0 Å². The fourth-order valence-electron chi connectivity index (χ4n) is 3.64. The third-order valence-corrected chi connectivity index (χ3v) is 8.33. The molecule has 1 amide bonds. The Morgan fingerprint density at radius 1 is 1.10 bits per heavy atom. The molecule has 0 N–H and O–H groups in total. The molecule has 9 heteroatoms. The van der Waals surface area contributed by atoms with E-state index in [1.807, 2.05) is 6.07 Å². The number of benzene rings is 2. The SMILES string of the molecule is COc1ccc(S(=O)(=O)CCC(=O)N2CCN(c3nc4c(C)cccc4s3)CC2)cc1. The number of carbonyl (C=O) groups is 1. The molecule has 0 unspecified atom stereocenters. The highest BCUT2D eigenvalue weighted by Gasteiger charge is 2.25. The fraction of sp³-hybridized carbons (Fsp3) is 0.364. The van der Waals surface area contributed by atoms with Crippen molar-refractivity contribution >= 4 is 42.4 Å². The Bertz CT molecular complexity index is 1180. The van der Waals surface area contributed by atoms with Gasteiger partial charge >= 0.3 is 0 Å². The Balaban J connectivity index is 1.33. The highest BCUT2D eigenvalue weighted by molar-refractivity contribution is 7.91. The molecule has 1 aliphatic heterocycles. The lowest BCUT2D eigenvalue weighted by Gasteiger charge is -2.34. The number of para-hydroxylation sites is 1. The molecule has 4 rings (SSSR count). The molecule has 1 aromatic heterocycles. The molecule has 3 aromatic rings. The monoisotopic (exact) mass is 459 g/mol. The van der Waals surface area contributed by atoms with Gasteiger partial charge in [0.25, 0.3) is 0 Å². The number of piperazine rings is 1. The van der Waals surface area contributed by atoms with Crippen molar-refractivity contribution in [1.29, 1.82) is 0 Å². The van der Waals surface area contributed by atoms with Crippen molar-refractivity contribution in [2.45, 2.75) is 18.2 Å². The van der Waals surface area contributed by atoms with Gasteiger partial charge in [0.1, 0.15) is 5.75 Å². The molecule has 0 atom stereocenters. The average molecular weight is 460 g/mol. The predicted molar refractivity (Wildman–Crippen MR) is 123 cm³/mol. The molecule has 1 saturated heterocycles. The minimum atomic E-state index is -3.51. The second kappa shape index (κ2) is 8.84. The average Bonchev–Trinajstić information content (AvgIpc) is 3.23. The van der Waals surface area contributed by atoms with Gasteiger partial charge in [-0.25, -0.2) is 13.4 Å². The Kier molecular flexibility index (Phi) is 6.15. The van der Waals surface area contributed by atoms with Gasteiger partial charge in [0.05, 0.1) is 28.0 Å². The van der Waals surface area contributed by atoms with Gasteiger partial charge in [-0.3, -0.25) is 4.79 Å². The van der Waals surface area contributed by atoms with Crippen molar-refractivity contribution in [2.75, 3.05) is 43.9 Å². The van der Waals surface area contributed by atoms with Crippen molar-refractivity contribution in [3.63, 3.8) is 0 Å². The van der Waals surface area contributed by atoms with Crippen LogP contribution < -0.4 is 9.64 Å². The quantitative estimate of drug-likeness (QED) is 0.564. The second-order valence-electron chi connectivity index (χ2n) is 7.53. The van der Waals surface area contributed by atoms with Crippen molar-refractivity contribution in [2.24, 2.45) is 0 Å². The summed E-state index contributed by atoms with van der Waals surface area (Å²) in [6, 6.07) is 12.4. The lowest BCUT2D eigenvalue weighted by Crippen LogP contribution is -2.49. The van der Waals surface area contributed by atoms with E-state index in [9.17, 15) is 13.2 Å². The van der Waals surface area contributed by atoms with Crippen molar-refractivity contribution < 1.29 is 17.9 Å². The van der Waals surface area contributed by atoms with E-state index in [2.05, 4.69) is 24.0 Å². The second-order valence-corrected chi connectivity index (χ2v) is 10.6. The first kappa shape index (κ1) is 21.6. The van der Waals surface area contributed by atoms with Gasteiger partial charge in [0.15, 0.2) is 15.0 Å². The molecule has 0 radical (unpaired) electrons. The summed E-state index contributed by atoms with van der Waals surface area (Å²) in [5, 5.41) is 0.971. The highest BCUT2D eigenvalue weighted by Crippen LogP contribution is 2.31. The maximum absolute atomic E-state index is 12.6. The number of hydrogen-bond donors (Lipinski definition) is 0. The Morgan fingerprint density at radius 2 is 1.81 bits per heavy atom. The predicted octanol–water partition coefficient (Wildman–Crippen LogP) is 3.13. The van der Waals surface area contributed by atoms with Crippen LogP contribution in [0.25, 0.3) is 10.2 Å². The molecule has 0 aliphatic carbocycles. The number of methoxy groups -OCH3 is 1. The van der Waals surface area contributed by atoms with Gasteiger partial charge in [-0.05, 0) is 42.8 Å². The molecule has 7 nitrogen and oxygen atoms in total. The van der Waals surface area contributed by atoms with Crippen LogP contribution in [0.2, 0.25) is 0 Å². The Labute approximate surface area is 186 Å². The molecule has 1 aliphatic rings. The van der Waals surface area contributed by atoms with Crippen LogP contribution in [0.5, 0.6) is 5.75 Å². The molecule has 31 heavy (non-hydrogen) atoms. The van der Waals surface area contributed by atoms with E-state index in [1.165, 1.54) is 19.2 Å². The number of hydrogen-bond acceptors (Lipinski definition) is 7. The summed E-state index contributed by atoms with van der Waals surface area (Å²) in [5.74, 6) is 0.267. The molecule has 2 heterocycles. The van der Waals surface area contributed by atoms with Crippen LogP contribution in [0.4, 0.5) is 5.13 Å². The smallest absolute Gasteiger partial charge is 0.223 e. The van der Waals surface area contributed by atoms with E-state index in [4.69, 9.17) is 9.72 Å². The number of sulfone groups is 1. The van der Waals surface area contributed by atoms with E-state index in [0.29, 0.717) is 31.9 Å². The zero-order valence-corrected chi connectivity index (χ0v) is 19.2. The van der Waals surface area contributed by atoms with E-state index < -0.39 is 9.84 Å². The first-order valence-corrected chi connectivity index (χ1v) is 12.6. The van der Waals surface area contributed by atoms with Crippen LogP contribution in [0.15, 0.2) is 47.4 Å². The third-order valence-electron chi connectivity index (χ3n) is 5.52.